The molecule has 4 aliphatic rings. The van der Waals surface area contributed by atoms with Gasteiger partial charge in [0, 0.05) is 45.2 Å². The number of hydrogen-bond donors (Lipinski definition) is 5. The van der Waals surface area contributed by atoms with Crippen LogP contribution >= 0.6 is 0 Å². The molecule has 8 atom stereocenters. The minimum Gasteiger partial charge on any atom is -0.461 e. The van der Waals surface area contributed by atoms with Crippen molar-refractivity contribution in [1.29, 1.82) is 0 Å². The van der Waals surface area contributed by atoms with Crippen molar-refractivity contribution in [1.82, 2.24) is 55.8 Å². The van der Waals surface area contributed by atoms with Crippen molar-refractivity contribution < 1.29 is 57.4 Å². The summed E-state index contributed by atoms with van der Waals surface area (Å²) < 4.78 is 11.8. The molecular formula is C57H69N11O13. The van der Waals surface area contributed by atoms with Crippen molar-refractivity contribution in [3.8, 4) is 0 Å². The molecule has 0 saturated heterocycles. The molecule has 5 N–H and O–H groups in total. The van der Waals surface area contributed by atoms with E-state index < -0.39 is 138 Å². The first kappa shape index (κ1) is 58.6. The number of rotatable bonds is 6. The van der Waals surface area contributed by atoms with E-state index in [1.54, 1.807) is 60.7 Å². The molecule has 24 nitrogen and oxygen atoms in total. The zero-order valence-electron chi connectivity index (χ0n) is 46.2. The maximum Gasteiger partial charge on any atom is 0.329 e. The first-order chi connectivity index (χ1) is 38.7. The summed E-state index contributed by atoms with van der Waals surface area (Å²) in [7, 11) is 5.48. The largest absolute Gasteiger partial charge is 0.461 e. The van der Waals surface area contributed by atoms with Gasteiger partial charge in [-0.3, -0.25) is 48.1 Å². The van der Waals surface area contributed by atoms with E-state index in [2.05, 4.69) is 36.2 Å². The number of hydrogen-bond acceptors (Lipinski definition) is 15. The van der Waals surface area contributed by atoms with Crippen molar-refractivity contribution in [3.05, 3.63) is 94.6 Å². The van der Waals surface area contributed by atoms with Crippen LogP contribution in [0.1, 0.15) is 99.0 Å². The number of ether oxygens (including phenoxy) is 2. The number of likely N-dealkylation sites (N-methyl/N-ethyl adjacent to an activating group) is 4. The lowest BCUT2D eigenvalue weighted by Gasteiger charge is -2.37. The number of H-pyrrole nitrogens is 1. The van der Waals surface area contributed by atoms with Gasteiger partial charge >= 0.3 is 11.9 Å². The molecule has 2 aliphatic carbocycles. The molecule has 2 saturated carbocycles. The number of cyclic esters (lactones) is 2. The molecule has 2 bridgehead atoms. The first-order valence-electron chi connectivity index (χ1n) is 27.3. The van der Waals surface area contributed by atoms with E-state index in [4.69, 9.17) is 9.47 Å². The standard InChI is InChI=1S/C57H69N11O13/c1-31-52(74)65(3)43-25-15-16-26-44(54(76)67(5)46(33-17-7-8-18-33)56(78)80-29-41(50(72)59-31)63-48(70)39-27-45(69)35-21-11-12-22-36(35)61-39)66(4)53(75)32(2)60-51(73)42(64-49(71)40-28-58-37-23-13-14-24-38(37)62-40)30-81-57(79)47(68(6)55(43)77)34-19-9-10-20-34/h11-16,21-24,27-28,31-34,41-44,46-47H,7-10,17-20,25-26,29-30H2,1-6H3,(H,59,72)(H,60,73)(H,61,69)(H,63,70)(H,64,71)/b16-15-/t31?,32?,41?,42?,43-,44-,46?,47?/m0/s1. The fourth-order valence-electron chi connectivity index (χ4n) is 11.3. The van der Waals surface area contributed by atoms with Crippen molar-refractivity contribution in [2.45, 2.75) is 126 Å². The second-order valence-corrected chi connectivity index (χ2v) is 21.4. The number of carbonyl (C=O) groups excluding carboxylic acids is 10. The van der Waals surface area contributed by atoms with Crippen LogP contribution in [0.4, 0.5) is 0 Å². The summed E-state index contributed by atoms with van der Waals surface area (Å²) >= 11 is 0. The van der Waals surface area contributed by atoms with Crippen LogP contribution in [0, 0.1) is 11.8 Å². The second-order valence-electron chi connectivity index (χ2n) is 21.4. The number of aromatic nitrogens is 3. The molecule has 2 aromatic carbocycles. The molecule has 0 spiro atoms. The third kappa shape index (κ3) is 13.2. The lowest BCUT2D eigenvalue weighted by atomic mass is 9.95. The maximum absolute atomic E-state index is 15.1. The zero-order valence-corrected chi connectivity index (χ0v) is 46.2. The SMILES string of the molecule is CC1NC(=O)C(NC(=O)c2cnc3ccccc3n2)COC(=O)C(C2CCCC2)N(C)C(=O)[C@@H]2C/C=C\C[C@@H](C(=O)N(C)C(C3CCCC3)C(=O)OCC(NC(=O)c3cc(=O)c4ccccc4[nH]3)C(=O)NC(C)C(=O)N2C)N(C)C1=O. The Balaban J connectivity index is 1.18. The average Bonchev–Trinajstić information content (AvgIpc) is 4.33. The van der Waals surface area contributed by atoms with Crippen LogP contribution in [0.15, 0.2) is 77.7 Å². The van der Waals surface area contributed by atoms with Gasteiger partial charge in [0.1, 0.15) is 72.9 Å². The minimum atomic E-state index is -1.70. The molecule has 4 aromatic rings. The summed E-state index contributed by atoms with van der Waals surface area (Å²) in [5, 5.41) is 10.6. The maximum atomic E-state index is 15.1. The summed E-state index contributed by atoms with van der Waals surface area (Å²) in [6.45, 7) is 1.15. The second kappa shape index (κ2) is 25.7. The third-order valence-corrected chi connectivity index (χ3v) is 15.9. The van der Waals surface area contributed by atoms with E-state index >= 15 is 9.59 Å². The number of carbonyl (C=O) groups is 10. The number of nitrogens with one attached hydrogen (secondary N) is 5. The topological polar surface area (TPSA) is 309 Å². The fourth-order valence-corrected chi connectivity index (χ4v) is 11.3. The van der Waals surface area contributed by atoms with Gasteiger partial charge in [-0.2, -0.15) is 0 Å². The summed E-state index contributed by atoms with van der Waals surface area (Å²) in [6.07, 6.45) is 8.87. The molecule has 0 radical (unpaired) electrons. The highest BCUT2D eigenvalue weighted by molar-refractivity contribution is 6.01. The Morgan fingerprint density at radius 2 is 1.04 bits per heavy atom. The smallest absolute Gasteiger partial charge is 0.329 e. The van der Waals surface area contributed by atoms with Crippen LogP contribution in [-0.4, -0.2) is 183 Å². The highest BCUT2D eigenvalue weighted by Crippen LogP contribution is 2.33. The molecule has 2 fully saturated rings. The monoisotopic (exact) mass is 1120 g/mol. The first-order valence-corrected chi connectivity index (χ1v) is 27.3. The molecule has 81 heavy (non-hydrogen) atoms. The van der Waals surface area contributed by atoms with Crippen LogP contribution < -0.4 is 26.7 Å². The van der Waals surface area contributed by atoms with Crippen LogP contribution in [-0.2, 0) is 47.8 Å². The normalized spacial score (nSPS) is 26.4. The minimum absolute atomic E-state index is 0.171. The molecule has 6 unspecified atom stereocenters. The number of nitrogens with zero attached hydrogens (tertiary/aromatic N) is 6. The molecule has 8 rings (SSSR count). The van der Waals surface area contributed by atoms with Gasteiger partial charge in [0.2, 0.25) is 35.4 Å². The zero-order chi connectivity index (χ0) is 58.2. The van der Waals surface area contributed by atoms with Crippen molar-refractivity contribution >= 4 is 81.1 Å². The fraction of sp³-hybridized carbons (Fsp3) is 0.491. The van der Waals surface area contributed by atoms with Gasteiger partial charge in [-0.25, -0.2) is 14.6 Å². The van der Waals surface area contributed by atoms with E-state index in [1.165, 1.54) is 58.0 Å². The number of esters is 2. The summed E-state index contributed by atoms with van der Waals surface area (Å²) in [5.74, 6) is -9.44. The van der Waals surface area contributed by atoms with Gasteiger partial charge in [-0.05, 0) is 88.5 Å². The van der Waals surface area contributed by atoms with Crippen LogP contribution in [0.25, 0.3) is 21.9 Å². The van der Waals surface area contributed by atoms with Crippen LogP contribution in [0.2, 0.25) is 0 Å². The molecular weight excluding hydrogens is 1050 g/mol. The third-order valence-electron chi connectivity index (χ3n) is 15.9. The summed E-state index contributed by atoms with van der Waals surface area (Å²) in [5.41, 5.74) is 0.333. The molecule has 2 aliphatic heterocycles. The van der Waals surface area contributed by atoms with Gasteiger partial charge in [0.05, 0.1) is 17.2 Å². The van der Waals surface area contributed by atoms with E-state index in [1.807, 2.05) is 0 Å². The number of amides is 8. The molecule has 2 aromatic heterocycles. The van der Waals surface area contributed by atoms with E-state index in [0.29, 0.717) is 47.6 Å². The number of pyridine rings is 1. The average molecular weight is 1120 g/mol. The highest BCUT2D eigenvalue weighted by Gasteiger charge is 2.44. The van der Waals surface area contributed by atoms with Crippen LogP contribution in [0.5, 0.6) is 0 Å². The molecule has 24 heteroatoms. The Hall–Kier alpha value is -8.57. The van der Waals surface area contributed by atoms with Crippen molar-refractivity contribution in [2.24, 2.45) is 11.8 Å². The lowest BCUT2D eigenvalue weighted by molar-refractivity contribution is -0.161. The van der Waals surface area contributed by atoms with Gasteiger partial charge in [-0.15, -0.1) is 0 Å². The predicted octanol–water partition coefficient (Wildman–Crippen LogP) is 1.52. The summed E-state index contributed by atoms with van der Waals surface area (Å²) in [6, 6.07) is 2.93. The quantitative estimate of drug-likeness (QED) is 0.135. The van der Waals surface area contributed by atoms with E-state index in [-0.39, 0.29) is 24.2 Å². The summed E-state index contributed by atoms with van der Waals surface area (Å²) in [4.78, 5) is 174. The van der Waals surface area contributed by atoms with Gasteiger partial charge in [0.15, 0.2) is 5.43 Å². The molecule has 4 heterocycles. The van der Waals surface area contributed by atoms with Gasteiger partial charge in [0.25, 0.3) is 11.8 Å². The Bertz CT molecular complexity index is 3190. The highest BCUT2D eigenvalue weighted by atomic mass is 16.5. The molecule has 430 valence electrons. The molecule has 8 amide bonds. The Kier molecular flexibility index (Phi) is 18.6. The number of para-hydroxylation sites is 3. The number of fused-ring (bicyclic) bond motifs is 6. The lowest BCUT2D eigenvalue weighted by Crippen LogP contribution is -2.60. The Labute approximate surface area is 467 Å². The Morgan fingerprint density at radius 1 is 0.580 bits per heavy atom. The van der Waals surface area contributed by atoms with Crippen molar-refractivity contribution in [2.75, 3.05) is 41.4 Å². The van der Waals surface area contributed by atoms with E-state index in [9.17, 15) is 43.2 Å². The Morgan fingerprint density at radius 3 is 1.54 bits per heavy atom. The van der Waals surface area contributed by atoms with Crippen LogP contribution in [0.3, 0.4) is 0 Å². The number of aromatic amines is 1. The predicted molar refractivity (Wildman–Crippen MR) is 292 cm³/mol. The van der Waals surface area contributed by atoms with Gasteiger partial charge < -0.3 is 55.3 Å². The number of benzene rings is 2. The van der Waals surface area contributed by atoms with E-state index in [0.717, 1.165) is 41.5 Å². The van der Waals surface area contributed by atoms with Gasteiger partial charge in [-0.1, -0.05) is 62.1 Å². The van der Waals surface area contributed by atoms with Crippen molar-refractivity contribution in [3.63, 3.8) is 0 Å².